The van der Waals surface area contributed by atoms with Gasteiger partial charge in [0.1, 0.15) is 5.75 Å². The molecule has 0 saturated heterocycles. The van der Waals surface area contributed by atoms with Crippen LogP contribution in [0.1, 0.15) is 21.5 Å². The molecule has 1 aromatic heterocycles. The molecule has 1 heterocycles. The van der Waals surface area contributed by atoms with E-state index < -0.39 is 0 Å². The molecule has 0 aliphatic heterocycles. The van der Waals surface area contributed by atoms with Crippen molar-refractivity contribution in [3.05, 3.63) is 64.5 Å². The van der Waals surface area contributed by atoms with E-state index in [1.54, 1.807) is 31.4 Å². The number of aromatic nitrogens is 1. The first kappa shape index (κ1) is 16.2. The number of carbonyl (C=O) groups is 1. The zero-order valence-corrected chi connectivity index (χ0v) is 14.6. The van der Waals surface area contributed by atoms with Gasteiger partial charge in [0.25, 0.3) is 5.91 Å². The Morgan fingerprint density at radius 3 is 2.38 bits per heavy atom. The number of amides is 1. The Bertz CT molecular complexity index is 849. The van der Waals surface area contributed by atoms with E-state index in [0.717, 1.165) is 17.0 Å². The average Bonchev–Trinajstić information content (AvgIpc) is 3.02. The van der Waals surface area contributed by atoms with Crippen molar-refractivity contribution >= 4 is 22.4 Å². The van der Waals surface area contributed by atoms with Gasteiger partial charge in [0, 0.05) is 16.5 Å². The largest absolute Gasteiger partial charge is 0.497 e. The molecule has 24 heavy (non-hydrogen) atoms. The second-order valence-corrected chi connectivity index (χ2v) is 6.46. The molecule has 0 saturated carbocycles. The minimum absolute atomic E-state index is 0.182. The first-order valence-electron chi connectivity index (χ1n) is 7.55. The fourth-order valence-electron chi connectivity index (χ4n) is 2.50. The summed E-state index contributed by atoms with van der Waals surface area (Å²) in [6.45, 7) is 4.13. The van der Waals surface area contributed by atoms with Crippen LogP contribution in [0.4, 0.5) is 5.13 Å². The summed E-state index contributed by atoms with van der Waals surface area (Å²) in [6.07, 6.45) is 0. The van der Waals surface area contributed by atoms with Crippen LogP contribution in [0, 0.1) is 13.8 Å². The molecule has 3 rings (SSSR count). The van der Waals surface area contributed by atoms with Crippen LogP contribution in [0.2, 0.25) is 0 Å². The fourth-order valence-corrected chi connectivity index (χ4v) is 3.21. The molecule has 0 aliphatic rings. The van der Waals surface area contributed by atoms with Gasteiger partial charge >= 0.3 is 0 Å². The van der Waals surface area contributed by atoms with Crippen LogP contribution in [0.25, 0.3) is 11.3 Å². The number of methoxy groups -OCH3 is 1. The lowest BCUT2D eigenvalue weighted by atomic mass is 10.1. The van der Waals surface area contributed by atoms with Gasteiger partial charge in [-0.25, -0.2) is 4.98 Å². The smallest absolute Gasteiger partial charge is 0.257 e. The lowest BCUT2D eigenvalue weighted by molar-refractivity contribution is 0.102. The summed E-state index contributed by atoms with van der Waals surface area (Å²) in [6, 6.07) is 13.3. The fraction of sp³-hybridized carbons (Fsp3) is 0.158. The van der Waals surface area contributed by atoms with E-state index in [1.165, 1.54) is 22.5 Å². The maximum absolute atomic E-state index is 12.3. The monoisotopic (exact) mass is 338 g/mol. The number of hydrogen-bond donors (Lipinski definition) is 1. The van der Waals surface area contributed by atoms with Crippen molar-refractivity contribution in [3.8, 4) is 17.0 Å². The highest BCUT2D eigenvalue weighted by Crippen LogP contribution is 2.27. The first-order valence-corrected chi connectivity index (χ1v) is 8.43. The van der Waals surface area contributed by atoms with Crippen molar-refractivity contribution in [2.45, 2.75) is 13.8 Å². The number of rotatable bonds is 4. The molecular formula is C19H18N2O2S. The third kappa shape index (κ3) is 3.63. The van der Waals surface area contributed by atoms with E-state index in [1.807, 2.05) is 5.38 Å². The molecule has 0 fully saturated rings. The van der Waals surface area contributed by atoms with Crippen molar-refractivity contribution in [3.63, 3.8) is 0 Å². The molecule has 3 aromatic rings. The number of carbonyl (C=O) groups excluding carboxylic acids is 1. The minimum atomic E-state index is -0.182. The maximum atomic E-state index is 12.3. The Kier molecular flexibility index (Phi) is 4.62. The molecule has 5 heteroatoms. The van der Waals surface area contributed by atoms with E-state index in [9.17, 15) is 4.79 Å². The number of nitrogens with zero attached hydrogens (tertiary/aromatic N) is 1. The molecule has 1 amide bonds. The molecule has 0 atom stereocenters. The average molecular weight is 338 g/mol. The summed E-state index contributed by atoms with van der Waals surface area (Å²) in [7, 11) is 1.60. The van der Waals surface area contributed by atoms with Crippen LogP contribution >= 0.6 is 11.3 Å². The van der Waals surface area contributed by atoms with Gasteiger partial charge in [-0.2, -0.15) is 0 Å². The Hall–Kier alpha value is -2.66. The molecule has 2 aromatic carbocycles. The predicted molar refractivity (Wildman–Crippen MR) is 98.0 cm³/mol. The standard InChI is InChI=1S/C19H18N2O2S/c1-12-8-13(2)10-15(9-12)17-11-24-19(20-17)21-18(22)14-4-6-16(23-3)7-5-14/h4-11H,1-3H3,(H,20,21,22). The van der Waals surface area contributed by atoms with Crippen LogP contribution in [0.5, 0.6) is 5.75 Å². The van der Waals surface area contributed by atoms with Gasteiger partial charge in [-0.05, 0) is 50.2 Å². The number of benzene rings is 2. The molecule has 0 spiro atoms. The van der Waals surface area contributed by atoms with E-state index in [2.05, 4.69) is 42.3 Å². The van der Waals surface area contributed by atoms with Crippen molar-refractivity contribution in [2.75, 3.05) is 12.4 Å². The summed E-state index contributed by atoms with van der Waals surface area (Å²) < 4.78 is 5.10. The molecule has 4 nitrogen and oxygen atoms in total. The Balaban J connectivity index is 1.76. The van der Waals surface area contributed by atoms with Crippen molar-refractivity contribution in [1.29, 1.82) is 0 Å². The second kappa shape index (κ2) is 6.84. The molecule has 1 N–H and O–H groups in total. The van der Waals surface area contributed by atoms with Crippen LogP contribution in [-0.4, -0.2) is 18.0 Å². The van der Waals surface area contributed by atoms with Crippen LogP contribution < -0.4 is 10.1 Å². The second-order valence-electron chi connectivity index (χ2n) is 5.60. The van der Waals surface area contributed by atoms with Gasteiger partial charge in [0.15, 0.2) is 5.13 Å². The Morgan fingerprint density at radius 1 is 1.08 bits per heavy atom. The quantitative estimate of drug-likeness (QED) is 0.751. The summed E-state index contributed by atoms with van der Waals surface area (Å²) in [5.74, 6) is 0.539. The van der Waals surface area contributed by atoms with Gasteiger partial charge in [0.2, 0.25) is 0 Å². The van der Waals surface area contributed by atoms with E-state index in [4.69, 9.17) is 4.74 Å². The van der Waals surface area contributed by atoms with Crippen molar-refractivity contribution in [2.24, 2.45) is 0 Å². The Labute approximate surface area is 145 Å². The van der Waals surface area contributed by atoms with Gasteiger partial charge in [-0.3, -0.25) is 10.1 Å². The van der Waals surface area contributed by atoms with E-state index in [-0.39, 0.29) is 5.91 Å². The summed E-state index contributed by atoms with van der Waals surface area (Å²) >= 11 is 1.42. The van der Waals surface area contributed by atoms with Crippen LogP contribution in [0.15, 0.2) is 47.8 Å². The third-order valence-corrected chi connectivity index (χ3v) is 4.35. The zero-order chi connectivity index (χ0) is 17.1. The number of nitrogens with one attached hydrogen (secondary N) is 1. The summed E-state index contributed by atoms with van der Waals surface area (Å²) in [5.41, 5.74) is 4.90. The Morgan fingerprint density at radius 2 is 1.75 bits per heavy atom. The van der Waals surface area contributed by atoms with Gasteiger partial charge in [0.05, 0.1) is 12.8 Å². The molecule has 0 aliphatic carbocycles. The lowest BCUT2D eigenvalue weighted by Crippen LogP contribution is -2.11. The normalized spacial score (nSPS) is 10.5. The molecule has 0 unspecified atom stereocenters. The van der Waals surface area contributed by atoms with E-state index in [0.29, 0.717) is 10.7 Å². The number of anilines is 1. The number of aryl methyl sites for hydroxylation is 2. The lowest BCUT2D eigenvalue weighted by Gasteiger charge is -2.04. The first-order chi connectivity index (χ1) is 11.5. The van der Waals surface area contributed by atoms with Crippen molar-refractivity contribution < 1.29 is 9.53 Å². The number of thiazole rings is 1. The van der Waals surface area contributed by atoms with Crippen molar-refractivity contribution in [1.82, 2.24) is 4.98 Å². The molecule has 122 valence electrons. The van der Waals surface area contributed by atoms with Gasteiger partial charge < -0.3 is 4.74 Å². The minimum Gasteiger partial charge on any atom is -0.497 e. The molecular weight excluding hydrogens is 320 g/mol. The highest BCUT2D eigenvalue weighted by atomic mass is 32.1. The highest BCUT2D eigenvalue weighted by molar-refractivity contribution is 7.14. The van der Waals surface area contributed by atoms with Gasteiger partial charge in [-0.15, -0.1) is 11.3 Å². The third-order valence-electron chi connectivity index (χ3n) is 3.59. The predicted octanol–water partition coefficient (Wildman–Crippen LogP) is 4.69. The topological polar surface area (TPSA) is 51.2 Å². The zero-order valence-electron chi connectivity index (χ0n) is 13.8. The highest BCUT2D eigenvalue weighted by Gasteiger charge is 2.10. The summed E-state index contributed by atoms with van der Waals surface area (Å²) in [4.78, 5) is 16.8. The van der Waals surface area contributed by atoms with Crippen LogP contribution in [0.3, 0.4) is 0 Å². The maximum Gasteiger partial charge on any atom is 0.257 e. The van der Waals surface area contributed by atoms with Crippen LogP contribution in [-0.2, 0) is 0 Å². The van der Waals surface area contributed by atoms with Gasteiger partial charge in [-0.1, -0.05) is 17.2 Å². The summed E-state index contributed by atoms with van der Waals surface area (Å²) in [5, 5.41) is 5.39. The molecule has 0 radical (unpaired) electrons. The number of hydrogen-bond acceptors (Lipinski definition) is 4. The van der Waals surface area contributed by atoms with E-state index >= 15 is 0 Å². The SMILES string of the molecule is COc1ccc(C(=O)Nc2nc(-c3cc(C)cc(C)c3)cs2)cc1. The number of ether oxygens (including phenoxy) is 1. The molecule has 0 bridgehead atoms.